The van der Waals surface area contributed by atoms with Crippen molar-refractivity contribution in [1.82, 2.24) is 14.8 Å². The van der Waals surface area contributed by atoms with Gasteiger partial charge in [-0.15, -0.1) is 11.3 Å². The molecule has 140 valence electrons. The van der Waals surface area contributed by atoms with Crippen molar-refractivity contribution in [2.75, 3.05) is 33.3 Å². The lowest BCUT2D eigenvalue weighted by molar-refractivity contribution is 0.0628. The number of amides is 1. The van der Waals surface area contributed by atoms with E-state index in [1.165, 1.54) is 0 Å². The molecular weight excluding hydrogens is 362 g/mol. The molecule has 2 aromatic heterocycles. The molecular formula is C20H21N3O3S. The summed E-state index contributed by atoms with van der Waals surface area (Å²) in [4.78, 5) is 21.6. The number of carbonyl (C=O) groups is 1. The van der Waals surface area contributed by atoms with Crippen LogP contribution in [0.5, 0.6) is 5.75 Å². The Morgan fingerprint density at radius 3 is 2.81 bits per heavy atom. The molecule has 0 aliphatic carbocycles. The van der Waals surface area contributed by atoms with E-state index in [9.17, 15) is 4.79 Å². The number of nitrogens with zero attached hydrogens (tertiary/aromatic N) is 3. The maximum Gasteiger partial charge on any atom is 0.254 e. The zero-order valence-electron chi connectivity index (χ0n) is 15.1. The second kappa shape index (κ2) is 7.94. The van der Waals surface area contributed by atoms with Crippen LogP contribution in [0.2, 0.25) is 0 Å². The average Bonchev–Trinajstić information content (AvgIpc) is 3.40. The van der Waals surface area contributed by atoms with Gasteiger partial charge in [-0.25, -0.2) is 4.98 Å². The topological polar surface area (TPSA) is 58.8 Å². The number of rotatable bonds is 5. The van der Waals surface area contributed by atoms with E-state index < -0.39 is 0 Å². The smallest absolute Gasteiger partial charge is 0.254 e. The molecule has 1 fully saturated rings. The van der Waals surface area contributed by atoms with Crippen LogP contribution in [-0.4, -0.2) is 54.0 Å². The Hall–Kier alpha value is -2.64. The third kappa shape index (κ3) is 4.04. The van der Waals surface area contributed by atoms with Crippen LogP contribution in [0.4, 0.5) is 0 Å². The van der Waals surface area contributed by atoms with E-state index in [-0.39, 0.29) is 5.91 Å². The molecule has 0 spiro atoms. The van der Waals surface area contributed by atoms with E-state index in [0.29, 0.717) is 24.4 Å². The molecule has 0 N–H and O–H groups in total. The Labute approximate surface area is 162 Å². The van der Waals surface area contributed by atoms with Crippen molar-refractivity contribution < 1.29 is 13.9 Å². The van der Waals surface area contributed by atoms with Gasteiger partial charge in [-0.05, 0) is 30.3 Å². The monoisotopic (exact) mass is 383 g/mol. The molecule has 27 heavy (non-hydrogen) atoms. The predicted molar refractivity (Wildman–Crippen MR) is 104 cm³/mol. The molecule has 3 aromatic rings. The molecule has 1 saturated heterocycles. The number of piperazine rings is 1. The minimum atomic E-state index is 0.0582. The first kappa shape index (κ1) is 17.8. The number of aromatic nitrogens is 1. The van der Waals surface area contributed by atoms with Crippen molar-refractivity contribution in [3.8, 4) is 17.2 Å². The summed E-state index contributed by atoms with van der Waals surface area (Å²) in [5.41, 5.74) is 1.55. The first-order valence-electron chi connectivity index (χ1n) is 8.87. The molecule has 6 nitrogen and oxygen atoms in total. The van der Waals surface area contributed by atoms with Crippen LogP contribution >= 0.6 is 11.3 Å². The average molecular weight is 383 g/mol. The fraction of sp³-hybridized carbons (Fsp3) is 0.300. The highest BCUT2D eigenvalue weighted by Crippen LogP contribution is 2.23. The molecule has 7 heteroatoms. The van der Waals surface area contributed by atoms with Crippen LogP contribution in [0.3, 0.4) is 0 Å². The van der Waals surface area contributed by atoms with Crippen molar-refractivity contribution in [2.45, 2.75) is 6.54 Å². The SMILES string of the molecule is COc1cccc(C(=O)N2CCN(Cc3nc(-c4ccco4)cs3)CC2)c1. The van der Waals surface area contributed by atoms with Gasteiger partial charge in [0.1, 0.15) is 16.5 Å². The van der Waals surface area contributed by atoms with Crippen molar-refractivity contribution in [3.63, 3.8) is 0 Å². The second-order valence-electron chi connectivity index (χ2n) is 6.40. The van der Waals surface area contributed by atoms with Crippen molar-refractivity contribution in [2.24, 2.45) is 0 Å². The predicted octanol–water partition coefficient (Wildman–Crippen LogP) is 3.37. The summed E-state index contributed by atoms with van der Waals surface area (Å²) in [6.45, 7) is 3.90. The number of furan rings is 1. The third-order valence-corrected chi connectivity index (χ3v) is 5.49. The van der Waals surface area contributed by atoms with Crippen LogP contribution in [0.25, 0.3) is 11.5 Å². The van der Waals surface area contributed by atoms with Gasteiger partial charge in [0, 0.05) is 37.1 Å². The quantitative estimate of drug-likeness (QED) is 0.676. The maximum atomic E-state index is 12.7. The molecule has 0 atom stereocenters. The van der Waals surface area contributed by atoms with Gasteiger partial charge in [-0.3, -0.25) is 9.69 Å². The van der Waals surface area contributed by atoms with E-state index in [1.807, 2.05) is 40.6 Å². The summed E-state index contributed by atoms with van der Waals surface area (Å²) < 4.78 is 10.6. The van der Waals surface area contributed by atoms with Gasteiger partial charge in [0.25, 0.3) is 5.91 Å². The summed E-state index contributed by atoms with van der Waals surface area (Å²) in [5.74, 6) is 1.56. The first-order valence-corrected chi connectivity index (χ1v) is 9.75. The molecule has 1 amide bonds. The number of hydrogen-bond acceptors (Lipinski definition) is 6. The summed E-state index contributed by atoms with van der Waals surface area (Å²) in [6.07, 6.45) is 1.66. The van der Waals surface area contributed by atoms with Crippen LogP contribution < -0.4 is 4.74 Å². The van der Waals surface area contributed by atoms with Gasteiger partial charge in [0.05, 0.1) is 19.9 Å². The van der Waals surface area contributed by atoms with Crippen molar-refractivity contribution in [1.29, 1.82) is 0 Å². The number of hydrogen-bond donors (Lipinski definition) is 0. The number of thiazole rings is 1. The highest BCUT2D eigenvalue weighted by Gasteiger charge is 2.23. The fourth-order valence-corrected chi connectivity index (χ4v) is 3.98. The number of carbonyl (C=O) groups excluding carboxylic acids is 1. The highest BCUT2D eigenvalue weighted by atomic mass is 32.1. The zero-order chi connectivity index (χ0) is 18.6. The number of methoxy groups -OCH3 is 1. The Morgan fingerprint density at radius 1 is 1.22 bits per heavy atom. The van der Waals surface area contributed by atoms with Crippen molar-refractivity contribution >= 4 is 17.2 Å². The van der Waals surface area contributed by atoms with E-state index in [0.717, 1.165) is 36.1 Å². The summed E-state index contributed by atoms with van der Waals surface area (Å²) in [7, 11) is 1.61. The van der Waals surface area contributed by atoms with Crippen molar-refractivity contribution in [3.05, 3.63) is 58.6 Å². The second-order valence-corrected chi connectivity index (χ2v) is 7.35. The van der Waals surface area contributed by atoms with Gasteiger partial charge >= 0.3 is 0 Å². The minimum absolute atomic E-state index is 0.0582. The van der Waals surface area contributed by atoms with Gasteiger partial charge < -0.3 is 14.1 Å². The van der Waals surface area contributed by atoms with Crippen LogP contribution in [-0.2, 0) is 6.54 Å². The van der Waals surface area contributed by atoms with Crippen LogP contribution in [0.15, 0.2) is 52.5 Å². The minimum Gasteiger partial charge on any atom is -0.497 e. The van der Waals surface area contributed by atoms with E-state index in [2.05, 4.69) is 9.88 Å². The Bertz CT molecular complexity index is 899. The molecule has 1 aliphatic rings. The molecule has 1 aromatic carbocycles. The fourth-order valence-electron chi connectivity index (χ4n) is 3.16. The molecule has 1 aliphatic heterocycles. The van der Waals surface area contributed by atoms with E-state index in [4.69, 9.17) is 9.15 Å². The molecule has 4 rings (SSSR count). The largest absolute Gasteiger partial charge is 0.497 e. The van der Waals surface area contributed by atoms with Gasteiger partial charge in [0.15, 0.2) is 5.76 Å². The Morgan fingerprint density at radius 2 is 2.07 bits per heavy atom. The van der Waals surface area contributed by atoms with E-state index >= 15 is 0 Å². The third-order valence-electron chi connectivity index (χ3n) is 4.66. The standard InChI is InChI=1S/C20H21N3O3S/c1-25-16-5-2-4-15(12-16)20(24)23-9-7-22(8-10-23)13-19-21-17(14-27-19)18-6-3-11-26-18/h2-6,11-12,14H,7-10,13H2,1H3. The van der Waals surface area contributed by atoms with Crippen LogP contribution in [0.1, 0.15) is 15.4 Å². The summed E-state index contributed by atoms with van der Waals surface area (Å²) >= 11 is 1.64. The molecule has 0 radical (unpaired) electrons. The summed E-state index contributed by atoms with van der Waals surface area (Å²) in [6, 6.07) is 11.1. The normalized spacial score (nSPS) is 15.1. The van der Waals surface area contributed by atoms with Crippen LogP contribution in [0, 0.1) is 0 Å². The zero-order valence-corrected chi connectivity index (χ0v) is 15.9. The number of ether oxygens (including phenoxy) is 1. The highest BCUT2D eigenvalue weighted by molar-refractivity contribution is 7.09. The summed E-state index contributed by atoms with van der Waals surface area (Å²) in [5, 5.41) is 3.09. The molecule has 3 heterocycles. The molecule has 0 unspecified atom stereocenters. The lowest BCUT2D eigenvalue weighted by Crippen LogP contribution is -2.48. The maximum absolute atomic E-state index is 12.7. The lowest BCUT2D eigenvalue weighted by atomic mass is 10.1. The first-order chi connectivity index (χ1) is 13.2. The molecule has 0 saturated carbocycles. The van der Waals surface area contributed by atoms with E-state index in [1.54, 1.807) is 30.8 Å². The molecule has 0 bridgehead atoms. The van der Waals surface area contributed by atoms with Gasteiger partial charge in [-0.1, -0.05) is 6.07 Å². The Kier molecular flexibility index (Phi) is 5.22. The van der Waals surface area contributed by atoms with Gasteiger partial charge in [-0.2, -0.15) is 0 Å². The Balaban J connectivity index is 1.33. The lowest BCUT2D eigenvalue weighted by Gasteiger charge is -2.34. The van der Waals surface area contributed by atoms with Gasteiger partial charge in [0.2, 0.25) is 0 Å². The number of benzene rings is 1.